The number of thioether (sulfide) groups is 1. The number of thiophene rings is 1. The molecule has 0 saturated carbocycles. The maximum absolute atomic E-state index is 13.5. The second-order valence-corrected chi connectivity index (χ2v) is 13.3. The zero-order valence-electron chi connectivity index (χ0n) is 27.5. The smallest absolute Gasteiger partial charge is 0.341 e. The minimum absolute atomic E-state index is 0.0447. The lowest BCUT2D eigenvalue weighted by molar-refractivity contribution is -0.116. The number of methoxy groups -OCH3 is 1. The predicted octanol–water partition coefficient (Wildman–Crippen LogP) is 8.57. The Morgan fingerprint density at radius 2 is 1.62 bits per heavy atom. The first kappa shape index (κ1) is 35.8. The van der Waals surface area contributed by atoms with Crippen molar-refractivity contribution in [3.63, 3.8) is 0 Å². The lowest BCUT2D eigenvalue weighted by atomic mass is 10.0. The van der Waals surface area contributed by atoms with E-state index in [1.165, 1.54) is 60.5 Å². The molecule has 11 heteroatoms. The van der Waals surface area contributed by atoms with Gasteiger partial charge in [-0.3, -0.25) is 14.4 Å². The van der Waals surface area contributed by atoms with Gasteiger partial charge in [-0.25, -0.2) is 9.18 Å². The normalized spacial score (nSPS) is 11.7. The summed E-state index contributed by atoms with van der Waals surface area (Å²) >= 11 is 2.56. The number of carbonyl (C=O) groups is 4. The summed E-state index contributed by atoms with van der Waals surface area (Å²) in [5.74, 6) is -2.34. The van der Waals surface area contributed by atoms with Crippen molar-refractivity contribution in [3.05, 3.63) is 142 Å². The van der Waals surface area contributed by atoms with Gasteiger partial charge in [-0.15, -0.1) is 23.1 Å². The fourth-order valence-corrected chi connectivity index (χ4v) is 6.87. The molecule has 3 amide bonds. The number of halogens is 1. The topological polar surface area (TPSA) is 114 Å². The summed E-state index contributed by atoms with van der Waals surface area (Å²) in [6, 6.07) is 28.7. The summed E-state index contributed by atoms with van der Waals surface area (Å²) in [4.78, 5) is 53.6. The van der Waals surface area contributed by atoms with Gasteiger partial charge in [0.1, 0.15) is 22.1 Å². The van der Waals surface area contributed by atoms with E-state index < -0.39 is 28.9 Å². The quantitative estimate of drug-likeness (QED) is 0.0681. The van der Waals surface area contributed by atoms with Crippen LogP contribution in [0.4, 0.5) is 15.1 Å². The maximum Gasteiger partial charge on any atom is 0.341 e. The van der Waals surface area contributed by atoms with Crippen LogP contribution in [0.1, 0.15) is 45.2 Å². The van der Waals surface area contributed by atoms with E-state index in [1.54, 1.807) is 48.5 Å². The number of ether oxygens (including phenoxy) is 1. The highest BCUT2D eigenvalue weighted by Crippen LogP contribution is 2.37. The number of aryl methyl sites for hydroxylation is 1. The molecule has 1 atom stereocenters. The van der Waals surface area contributed by atoms with E-state index in [0.717, 1.165) is 11.1 Å². The van der Waals surface area contributed by atoms with Gasteiger partial charge in [-0.05, 0) is 73.0 Å². The lowest BCUT2D eigenvalue weighted by Gasteiger charge is -2.16. The highest BCUT2D eigenvalue weighted by molar-refractivity contribution is 8.00. The molecular weight excluding hydrogens is 674 g/mol. The van der Waals surface area contributed by atoms with Gasteiger partial charge in [0.2, 0.25) is 5.91 Å². The molecule has 0 spiro atoms. The van der Waals surface area contributed by atoms with Gasteiger partial charge < -0.3 is 20.7 Å². The lowest BCUT2D eigenvalue weighted by Crippen LogP contribution is -2.30. The van der Waals surface area contributed by atoms with Gasteiger partial charge in [0.25, 0.3) is 11.8 Å². The van der Waals surface area contributed by atoms with Crippen LogP contribution in [-0.2, 0) is 14.3 Å². The molecule has 8 nitrogen and oxygen atoms in total. The molecule has 0 radical (unpaired) electrons. The number of anilines is 2. The van der Waals surface area contributed by atoms with Gasteiger partial charge in [0.15, 0.2) is 0 Å². The second kappa shape index (κ2) is 16.7. The third kappa shape index (κ3) is 9.13. The Balaban J connectivity index is 1.32. The summed E-state index contributed by atoms with van der Waals surface area (Å²) in [6.45, 7) is 3.87. The molecule has 0 bridgehead atoms. The summed E-state index contributed by atoms with van der Waals surface area (Å²) in [5, 5.41) is 10.1. The molecule has 1 unspecified atom stereocenters. The first-order valence-electron chi connectivity index (χ1n) is 15.6. The van der Waals surface area contributed by atoms with E-state index in [9.17, 15) is 23.6 Å². The van der Waals surface area contributed by atoms with Crippen LogP contribution in [-0.4, -0.2) is 36.1 Å². The number of nitrogens with one attached hydrogen (secondary N) is 3. The van der Waals surface area contributed by atoms with Crippen LogP contribution in [0.25, 0.3) is 17.2 Å². The number of carbonyl (C=O) groups excluding carboxylic acids is 4. The molecule has 50 heavy (non-hydrogen) atoms. The number of hydrogen-bond donors (Lipinski definition) is 3. The van der Waals surface area contributed by atoms with E-state index >= 15 is 0 Å². The van der Waals surface area contributed by atoms with E-state index in [0.29, 0.717) is 44.3 Å². The molecule has 0 aliphatic heterocycles. The second-order valence-electron chi connectivity index (χ2n) is 11.1. The summed E-state index contributed by atoms with van der Waals surface area (Å²) in [5.41, 5.74) is 4.15. The van der Waals surface area contributed by atoms with Crippen molar-refractivity contribution in [1.82, 2.24) is 5.32 Å². The van der Waals surface area contributed by atoms with E-state index in [2.05, 4.69) is 16.0 Å². The molecule has 0 saturated heterocycles. The highest BCUT2D eigenvalue weighted by Gasteiger charge is 2.25. The number of amides is 3. The third-order valence-corrected chi connectivity index (χ3v) is 9.78. The maximum atomic E-state index is 13.5. The van der Waals surface area contributed by atoms with E-state index in [-0.39, 0.29) is 11.6 Å². The van der Waals surface area contributed by atoms with Crippen molar-refractivity contribution >= 4 is 63.6 Å². The molecular formula is C39H34FN3O5S2. The molecule has 0 aliphatic carbocycles. The van der Waals surface area contributed by atoms with Crippen LogP contribution in [0.3, 0.4) is 0 Å². The van der Waals surface area contributed by atoms with Crippen molar-refractivity contribution in [2.45, 2.75) is 30.4 Å². The van der Waals surface area contributed by atoms with Crippen LogP contribution in [0.5, 0.6) is 0 Å². The van der Waals surface area contributed by atoms with Gasteiger partial charge in [-0.1, -0.05) is 73.2 Å². The number of benzene rings is 4. The minimum Gasteiger partial charge on any atom is -0.465 e. The summed E-state index contributed by atoms with van der Waals surface area (Å²) in [7, 11) is 1.31. The molecule has 1 aromatic heterocycles. The molecule has 1 heterocycles. The van der Waals surface area contributed by atoms with Crippen molar-refractivity contribution in [2.75, 3.05) is 17.7 Å². The van der Waals surface area contributed by atoms with Crippen molar-refractivity contribution in [2.24, 2.45) is 0 Å². The molecule has 254 valence electrons. The largest absolute Gasteiger partial charge is 0.465 e. The molecule has 4 aromatic carbocycles. The third-order valence-electron chi connectivity index (χ3n) is 7.52. The number of rotatable bonds is 12. The van der Waals surface area contributed by atoms with Crippen LogP contribution in [0.15, 0.2) is 119 Å². The standard InChI is InChI=1S/C39H34FN3O5S2/c1-4-33(37(46)43-38-34(39(47)48-3)31(23-49-38)26-17-13-24(2)14-18-26)50-30-12-8-11-29(22-30)41-36(45)32(21-25-15-19-28(40)20-16-25)42-35(44)27-9-6-5-7-10-27/h5-23,33H,4H2,1-3H3,(H,41,45)(H,42,44)(H,43,46)/b32-21-. The Labute approximate surface area is 297 Å². The Kier molecular flexibility index (Phi) is 12.0. The Morgan fingerprint density at radius 1 is 0.900 bits per heavy atom. The van der Waals surface area contributed by atoms with Crippen LogP contribution >= 0.6 is 23.1 Å². The Hall–Kier alpha value is -5.52. The van der Waals surface area contributed by atoms with Crippen LogP contribution in [0.2, 0.25) is 0 Å². The first-order valence-corrected chi connectivity index (χ1v) is 17.4. The monoisotopic (exact) mass is 707 g/mol. The fraction of sp³-hybridized carbons (Fsp3) is 0.128. The average Bonchev–Trinajstić information content (AvgIpc) is 3.54. The van der Waals surface area contributed by atoms with E-state index in [1.807, 2.05) is 49.6 Å². The highest BCUT2D eigenvalue weighted by atomic mass is 32.2. The van der Waals surface area contributed by atoms with Crippen molar-refractivity contribution in [1.29, 1.82) is 0 Å². The number of esters is 1. The Bertz CT molecular complexity index is 2030. The fourth-order valence-electron chi connectivity index (χ4n) is 4.89. The SMILES string of the molecule is CCC(Sc1cccc(NC(=O)/C(=C/c2ccc(F)cc2)NC(=O)c2ccccc2)c1)C(=O)Nc1scc(-c2ccc(C)cc2)c1C(=O)OC. The minimum atomic E-state index is -0.594. The van der Waals surface area contributed by atoms with E-state index in [4.69, 9.17) is 4.74 Å². The summed E-state index contributed by atoms with van der Waals surface area (Å²) in [6.07, 6.45) is 1.94. The van der Waals surface area contributed by atoms with Gasteiger partial charge in [0.05, 0.1) is 12.4 Å². The Morgan fingerprint density at radius 3 is 2.30 bits per heavy atom. The zero-order chi connectivity index (χ0) is 35.6. The van der Waals surface area contributed by atoms with Crippen LogP contribution < -0.4 is 16.0 Å². The van der Waals surface area contributed by atoms with Gasteiger partial charge >= 0.3 is 5.97 Å². The van der Waals surface area contributed by atoms with Crippen LogP contribution in [0, 0.1) is 12.7 Å². The zero-order valence-corrected chi connectivity index (χ0v) is 29.1. The first-order chi connectivity index (χ1) is 24.1. The average molecular weight is 708 g/mol. The summed E-state index contributed by atoms with van der Waals surface area (Å²) < 4.78 is 18.6. The van der Waals surface area contributed by atoms with Crippen molar-refractivity contribution in [3.8, 4) is 11.1 Å². The van der Waals surface area contributed by atoms with Gasteiger partial charge in [0, 0.05) is 27.1 Å². The van der Waals surface area contributed by atoms with Gasteiger partial charge in [-0.2, -0.15) is 0 Å². The molecule has 3 N–H and O–H groups in total. The molecule has 0 aliphatic rings. The van der Waals surface area contributed by atoms with Crippen molar-refractivity contribution < 1.29 is 28.3 Å². The predicted molar refractivity (Wildman–Crippen MR) is 198 cm³/mol. The molecule has 5 aromatic rings. The molecule has 5 rings (SSSR count). The number of hydrogen-bond acceptors (Lipinski definition) is 7. The molecule has 0 fully saturated rings.